The Balaban J connectivity index is 0.000000845. The van der Waals surface area contributed by atoms with Crippen molar-refractivity contribution in [1.82, 2.24) is 4.98 Å². The number of hydrogen-bond donors (Lipinski definition) is 1. The molecule has 0 aliphatic rings. The average Bonchev–Trinajstić information content (AvgIpc) is 2.07. The van der Waals surface area contributed by atoms with Gasteiger partial charge >= 0.3 is 17.1 Å². The predicted molar refractivity (Wildman–Crippen MR) is 44.5 cm³/mol. The second-order valence-corrected chi connectivity index (χ2v) is 2.53. The number of rotatable bonds is 0. The summed E-state index contributed by atoms with van der Waals surface area (Å²) in [7, 11) is 0. The first-order valence-corrected chi connectivity index (χ1v) is 3.55. The molecule has 1 heterocycles. The molecule has 0 aliphatic heterocycles. The van der Waals surface area contributed by atoms with Crippen LogP contribution in [-0.4, -0.2) is 4.98 Å². The largest absolute Gasteiger partial charge is 2.00 e. The van der Waals surface area contributed by atoms with Crippen LogP contribution in [0.3, 0.4) is 0 Å². The molecule has 0 atom stereocenters. The molecule has 2 nitrogen and oxygen atoms in total. The molecule has 0 aliphatic carbocycles. The number of halogens is 1. The standard InChI is InChI=1S/C9H6FNO.Cu/c10-7-5-6-3-1-2-4-8(6)11-9(7)12;/h1-5H,(H,11,12);/q;+2. The number of aromatic amines is 1. The van der Waals surface area contributed by atoms with E-state index in [1.54, 1.807) is 24.3 Å². The summed E-state index contributed by atoms with van der Waals surface area (Å²) in [6, 6.07) is 8.29. The zero-order chi connectivity index (χ0) is 8.55. The summed E-state index contributed by atoms with van der Waals surface area (Å²) in [6.45, 7) is 0. The van der Waals surface area contributed by atoms with Crippen LogP contribution >= 0.6 is 0 Å². The van der Waals surface area contributed by atoms with E-state index < -0.39 is 11.4 Å². The van der Waals surface area contributed by atoms with Crippen LogP contribution in [0.4, 0.5) is 4.39 Å². The number of nitrogens with one attached hydrogen (secondary N) is 1. The molecule has 0 fully saturated rings. The first-order valence-electron chi connectivity index (χ1n) is 3.55. The number of pyridine rings is 1. The van der Waals surface area contributed by atoms with Crippen LogP contribution in [0.1, 0.15) is 0 Å². The molecule has 1 radical (unpaired) electrons. The quantitative estimate of drug-likeness (QED) is 0.681. The van der Waals surface area contributed by atoms with E-state index in [0.717, 1.165) is 0 Å². The van der Waals surface area contributed by atoms with E-state index in [0.29, 0.717) is 10.9 Å². The fourth-order valence-corrected chi connectivity index (χ4v) is 1.12. The van der Waals surface area contributed by atoms with Gasteiger partial charge in [-0.2, -0.15) is 0 Å². The first-order chi connectivity index (χ1) is 5.77. The maximum atomic E-state index is 12.7. The number of benzene rings is 1. The number of fused-ring (bicyclic) bond motifs is 1. The molecule has 1 aromatic carbocycles. The zero-order valence-corrected chi connectivity index (χ0v) is 7.42. The van der Waals surface area contributed by atoms with Gasteiger partial charge in [0, 0.05) is 10.9 Å². The van der Waals surface area contributed by atoms with Gasteiger partial charge in [-0.1, -0.05) is 18.2 Å². The van der Waals surface area contributed by atoms with Gasteiger partial charge in [0.2, 0.25) is 0 Å². The van der Waals surface area contributed by atoms with Crippen molar-refractivity contribution in [3.63, 3.8) is 0 Å². The molecule has 0 spiro atoms. The van der Waals surface area contributed by atoms with E-state index in [2.05, 4.69) is 4.98 Å². The van der Waals surface area contributed by atoms with E-state index in [1.807, 2.05) is 0 Å². The van der Waals surface area contributed by atoms with E-state index in [9.17, 15) is 9.18 Å². The molecule has 2 aromatic rings. The van der Waals surface area contributed by atoms with Gasteiger partial charge in [-0.15, -0.1) is 0 Å². The molecule has 0 amide bonds. The summed E-state index contributed by atoms with van der Waals surface area (Å²) in [5, 5.41) is 0.703. The molecule has 1 aromatic heterocycles. The van der Waals surface area contributed by atoms with E-state index in [1.165, 1.54) is 6.07 Å². The minimum absolute atomic E-state index is 0. The molecule has 4 heteroatoms. The Morgan fingerprint density at radius 1 is 1.23 bits per heavy atom. The monoisotopic (exact) mass is 226 g/mol. The Hall–Kier alpha value is -1.12. The number of H-pyrrole nitrogens is 1. The first kappa shape index (κ1) is 9.96. The summed E-state index contributed by atoms with van der Waals surface area (Å²) in [6.07, 6.45) is 0. The predicted octanol–water partition coefficient (Wildman–Crippen LogP) is 1.66. The molecule has 13 heavy (non-hydrogen) atoms. The van der Waals surface area contributed by atoms with Gasteiger partial charge in [0.05, 0.1) is 0 Å². The second kappa shape index (κ2) is 3.73. The van der Waals surface area contributed by atoms with Crippen molar-refractivity contribution in [3.8, 4) is 0 Å². The maximum Gasteiger partial charge on any atom is 2.00 e. The summed E-state index contributed by atoms with van der Waals surface area (Å²) in [5.41, 5.74) is -0.0161. The average molecular weight is 227 g/mol. The smallest absolute Gasteiger partial charge is 0.319 e. The van der Waals surface area contributed by atoms with E-state index in [4.69, 9.17) is 0 Å². The third kappa shape index (κ3) is 1.79. The Morgan fingerprint density at radius 3 is 2.69 bits per heavy atom. The van der Waals surface area contributed by atoms with Gasteiger partial charge in [-0.05, 0) is 12.1 Å². The van der Waals surface area contributed by atoms with E-state index >= 15 is 0 Å². The van der Waals surface area contributed by atoms with Crippen molar-refractivity contribution in [2.24, 2.45) is 0 Å². The zero-order valence-electron chi connectivity index (χ0n) is 6.47. The van der Waals surface area contributed by atoms with Crippen LogP contribution in [0.15, 0.2) is 35.1 Å². The van der Waals surface area contributed by atoms with Gasteiger partial charge in [-0.3, -0.25) is 4.79 Å². The summed E-state index contributed by atoms with van der Waals surface area (Å²) in [5.74, 6) is -0.742. The summed E-state index contributed by atoms with van der Waals surface area (Å²) in [4.78, 5) is 13.2. The molecule has 0 unspecified atom stereocenters. The Kier molecular flexibility index (Phi) is 2.86. The molecule has 0 bridgehead atoms. The van der Waals surface area contributed by atoms with Crippen molar-refractivity contribution in [2.45, 2.75) is 0 Å². The molecule has 0 saturated heterocycles. The molecular formula is C9H6CuFNO+2. The van der Waals surface area contributed by atoms with Gasteiger partial charge in [0.1, 0.15) is 0 Å². The SMILES string of the molecule is O=c1[nH]c2ccccc2cc1F.[Cu+2]. The van der Waals surface area contributed by atoms with Crippen molar-refractivity contribution in [2.75, 3.05) is 0 Å². The minimum atomic E-state index is -0.742. The van der Waals surface area contributed by atoms with Crippen LogP contribution in [0.25, 0.3) is 10.9 Å². The van der Waals surface area contributed by atoms with Crippen molar-refractivity contribution in [3.05, 3.63) is 46.5 Å². The molecule has 1 N–H and O–H groups in total. The Bertz CT molecular complexity index is 480. The molecule has 0 saturated carbocycles. The summed E-state index contributed by atoms with van der Waals surface area (Å²) < 4.78 is 12.7. The Labute approximate surface area is 84.3 Å². The Morgan fingerprint density at radius 2 is 1.92 bits per heavy atom. The van der Waals surface area contributed by atoms with Crippen LogP contribution in [0.2, 0.25) is 0 Å². The number of aromatic nitrogens is 1. The van der Waals surface area contributed by atoms with Crippen LogP contribution in [0.5, 0.6) is 0 Å². The third-order valence-corrected chi connectivity index (χ3v) is 1.71. The third-order valence-electron chi connectivity index (χ3n) is 1.71. The second-order valence-electron chi connectivity index (χ2n) is 2.53. The molecule has 69 valence electrons. The number of para-hydroxylation sites is 1. The normalized spacial score (nSPS) is 9.62. The minimum Gasteiger partial charge on any atom is -0.319 e. The summed E-state index contributed by atoms with van der Waals surface area (Å²) >= 11 is 0. The maximum absolute atomic E-state index is 12.7. The van der Waals surface area contributed by atoms with Crippen LogP contribution in [-0.2, 0) is 17.1 Å². The van der Waals surface area contributed by atoms with Gasteiger partial charge < -0.3 is 4.98 Å². The molecule has 2 rings (SSSR count). The van der Waals surface area contributed by atoms with Crippen molar-refractivity contribution in [1.29, 1.82) is 0 Å². The molecular weight excluding hydrogens is 221 g/mol. The number of hydrogen-bond acceptors (Lipinski definition) is 1. The van der Waals surface area contributed by atoms with E-state index in [-0.39, 0.29) is 17.1 Å². The van der Waals surface area contributed by atoms with Crippen LogP contribution < -0.4 is 5.56 Å². The van der Waals surface area contributed by atoms with Gasteiger partial charge in [0.25, 0.3) is 5.56 Å². The van der Waals surface area contributed by atoms with Crippen LogP contribution in [0, 0.1) is 5.82 Å². The van der Waals surface area contributed by atoms with Gasteiger partial charge in [-0.25, -0.2) is 4.39 Å². The van der Waals surface area contributed by atoms with Crippen molar-refractivity contribution >= 4 is 10.9 Å². The van der Waals surface area contributed by atoms with Crippen molar-refractivity contribution < 1.29 is 21.5 Å². The topological polar surface area (TPSA) is 32.9 Å². The fourth-order valence-electron chi connectivity index (χ4n) is 1.12. The fraction of sp³-hybridized carbons (Fsp3) is 0. The van der Waals surface area contributed by atoms with Gasteiger partial charge in [0.15, 0.2) is 5.82 Å².